The summed E-state index contributed by atoms with van der Waals surface area (Å²) in [7, 11) is -2.16. The number of benzene rings is 2. The standard InChI is InChI=1S/C35H47ClN2O5S/c1-6-7-8-25-17-29(36)12-14-30(25)28-20-38-19-27-10-13-31(27)33(42-5)15-9-22(2)23(3)24(4)44(40,41)37-35(39)26-11-16-34(43-21-28)32(38)18-26/h9,11-12,14-18,22-24,27-28,31,33H,6-8,10,13,19-21H2,1-5H3,(H,37,39)/b15-9+/t22-,23-,24+,27-,28-,31+,33-/m0/s1. The van der Waals surface area contributed by atoms with Gasteiger partial charge < -0.3 is 14.4 Å². The smallest absolute Gasteiger partial charge is 0.264 e. The van der Waals surface area contributed by atoms with E-state index in [0.717, 1.165) is 49.4 Å². The van der Waals surface area contributed by atoms with Crippen LogP contribution >= 0.6 is 11.6 Å². The summed E-state index contributed by atoms with van der Waals surface area (Å²) in [4.78, 5) is 15.8. The molecule has 1 N–H and O–H groups in total. The summed E-state index contributed by atoms with van der Waals surface area (Å²) in [5.41, 5.74) is 3.61. The molecule has 2 bridgehead atoms. The van der Waals surface area contributed by atoms with Crippen molar-refractivity contribution in [2.24, 2.45) is 23.7 Å². The summed E-state index contributed by atoms with van der Waals surface area (Å²) < 4.78 is 41.5. The lowest BCUT2D eigenvalue weighted by molar-refractivity contribution is 0.0132. The number of fused-ring (bicyclic) bond motifs is 2. The number of sulfonamides is 1. The second-order valence-electron chi connectivity index (χ2n) is 13.0. The molecule has 9 heteroatoms. The molecule has 2 aliphatic heterocycles. The first-order valence-electron chi connectivity index (χ1n) is 16.1. The summed E-state index contributed by atoms with van der Waals surface area (Å²) in [6.07, 6.45) is 9.46. The van der Waals surface area contributed by atoms with Crippen LogP contribution in [0.15, 0.2) is 48.6 Å². The zero-order valence-electron chi connectivity index (χ0n) is 26.6. The average Bonchev–Trinajstić information content (AvgIpc) is 3.17. The maximum absolute atomic E-state index is 13.4. The Kier molecular flexibility index (Phi) is 10.3. The average molecular weight is 643 g/mol. The molecule has 44 heavy (non-hydrogen) atoms. The summed E-state index contributed by atoms with van der Waals surface area (Å²) in [6.45, 7) is 9.80. The molecule has 1 amide bonds. The fraction of sp³-hybridized carbons (Fsp3) is 0.571. The van der Waals surface area contributed by atoms with Gasteiger partial charge in [0.25, 0.3) is 5.91 Å². The zero-order valence-corrected chi connectivity index (χ0v) is 28.2. The third kappa shape index (κ3) is 6.97. The molecule has 0 radical (unpaired) electrons. The number of methoxy groups -OCH3 is 1. The van der Waals surface area contributed by atoms with Gasteiger partial charge in [-0.2, -0.15) is 0 Å². The van der Waals surface area contributed by atoms with Crippen molar-refractivity contribution in [2.45, 2.75) is 77.1 Å². The molecule has 0 unspecified atom stereocenters. The van der Waals surface area contributed by atoms with E-state index in [-0.39, 0.29) is 23.9 Å². The molecule has 0 spiro atoms. The molecular weight excluding hydrogens is 596 g/mol. The lowest BCUT2D eigenvalue weighted by Gasteiger charge is -2.43. The Hall–Kier alpha value is -2.55. The van der Waals surface area contributed by atoms with Gasteiger partial charge in [-0.1, -0.05) is 57.0 Å². The first-order valence-corrected chi connectivity index (χ1v) is 18.0. The summed E-state index contributed by atoms with van der Waals surface area (Å²) >= 11 is 6.44. The SMILES string of the molecule is CCCCc1cc(Cl)ccc1[C@@H]1COc2ccc3cc2N(C1)C[C@@H]1CC[C@H]1[C@@H](OC)/C=C/[C@H](C)[C@H](C)[C@@H](C)S(=O)(=O)NC3=O. The van der Waals surface area contributed by atoms with Gasteiger partial charge in [0.05, 0.1) is 23.6 Å². The first kappa shape index (κ1) is 32.8. The Bertz CT molecular complexity index is 1480. The number of hydrogen-bond donors (Lipinski definition) is 1. The van der Waals surface area contributed by atoms with Crippen molar-refractivity contribution in [1.29, 1.82) is 0 Å². The maximum Gasteiger partial charge on any atom is 0.264 e. The number of rotatable bonds is 5. The number of nitrogens with one attached hydrogen (secondary N) is 1. The highest BCUT2D eigenvalue weighted by Crippen LogP contribution is 2.43. The largest absolute Gasteiger partial charge is 0.491 e. The monoisotopic (exact) mass is 642 g/mol. The number of ether oxygens (including phenoxy) is 2. The van der Waals surface area contributed by atoms with Crippen molar-refractivity contribution >= 4 is 33.2 Å². The molecule has 0 aromatic heterocycles. The molecule has 1 aliphatic carbocycles. The fourth-order valence-corrected chi connectivity index (χ4v) is 8.51. The van der Waals surface area contributed by atoms with E-state index < -0.39 is 21.2 Å². The number of halogens is 1. The fourth-order valence-electron chi connectivity index (χ4n) is 6.94. The molecule has 7 atom stereocenters. The topological polar surface area (TPSA) is 84.9 Å². The number of carbonyl (C=O) groups is 1. The highest BCUT2D eigenvalue weighted by atomic mass is 35.5. The Balaban J connectivity index is 1.56. The summed E-state index contributed by atoms with van der Waals surface area (Å²) in [5.74, 6) is 0.697. The molecule has 2 aromatic rings. The molecule has 0 saturated heterocycles. The maximum atomic E-state index is 13.4. The van der Waals surface area contributed by atoms with Gasteiger partial charge in [0, 0.05) is 36.7 Å². The van der Waals surface area contributed by atoms with Gasteiger partial charge in [-0.25, -0.2) is 13.1 Å². The van der Waals surface area contributed by atoms with Crippen molar-refractivity contribution in [3.63, 3.8) is 0 Å². The minimum atomic E-state index is -3.92. The first-order chi connectivity index (χ1) is 21.0. The molecule has 1 fully saturated rings. The van der Waals surface area contributed by atoms with Crippen molar-refractivity contribution in [3.8, 4) is 5.75 Å². The van der Waals surface area contributed by atoms with E-state index in [2.05, 4.69) is 40.8 Å². The highest BCUT2D eigenvalue weighted by Gasteiger charge is 2.39. The number of hydrogen-bond acceptors (Lipinski definition) is 6. The molecule has 2 aromatic carbocycles. The van der Waals surface area contributed by atoms with E-state index in [1.165, 1.54) is 11.1 Å². The summed E-state index contributed by atoms with van der Waals surface area (Å²) in [6, 6.07) is 11.4. The number of aryl methyl sites for hydroxylation is 1. The van der Waals surface area contributed by atoms with Crippen molar-refractivity contribution in [1.82, 2.24) is 4.72 Å². The van der Waals surface area contributed by atoms with Crippen LogP contribution in [0, 0.1) is 23.7 Å². The quantitative estimate of drug-likeness (QED) is 0.354. The molecule has 5 rings (SSSR count). The number of nitrogens with zero attached hydrogens (tertiary/aromatic N) is 1. The van der Waals surface area contributed by atoms with Crippen LogP contribution in [0.4, 0.5) is 5.69 Å². The third-order valence-electron chi connectivity index (χ3n) is 10.3. The van der Waals surface area contributed by atoms with Crippen LogP contribution in [0.5, 0.6) is 5.75 Å². The van der Waals surface area contributed by atoms with Crippen molar-refractivity contribution < 1.29 is 22.7 Å². The van der Waals surface area contributed by atoms with E-state index in [1.54, 1.807) is 26.2 Å². The molecule has 7 nitrogen and oxygen atoms in total. The lowest BCUT2D eigenvalue weighted by Crippen LogP contribution is -2.44. The van der Waals surface area contributed by atoms with Gasteiger partial charge in [0.15, 0.2) is 0 Å². The van der Waals surface area contributed by atoms with Gasteiger partial charge in [-0.15, -0.1) is 0 Å². The van der Waals surface area contributed by atoms with E-state index in [9.17, 15) is 13.2 Å². The van der Waals surface area contributed by atoms with Crippen LogP contribution in [0.3, 0.4) is 0 Å². The van der Waals surface area contributed by atoms with Crippen LogP contribution in [0.25, 0.3) is 0 Å². The zero-order chi connectivity index (χ0) is 31.6. The van der Waals surface area contributed by atoms with Gasteiger partial charge >= 0.3 is 0 Å². The van der Waals surface area contributed by atoms with Crippen LogP contribution in [-0.4, -0.2) is 52.5 Å². The van der Waals surface area contributed by atoms with E-state index in [0.29, 0.717) is 36.3 Å². The number of allylic oxidation sites excluding steroid dienone is 1. The Morgan fingerprint density at radius 3 is 2.57 bits per heavy atom. The Morgan fingerprint density at radius 2 is 1.86 bits per heavy atom. The van der Waals surface area contributed by atoms with Crippen LogP contribution in [0.2, 0.25) is 5.02 Å². The molecule has 2 heterocycles. The van der Waals surface area contributed by atoms with Gasteiger partial charge in [0.1, 0.15) is 5.75 Å². The number of anilines is 1. The molecule has 3 aliphatic rings. The third-order valence-corrected chi connectivity index (χ3v) is 12.4. The predicted octanol–water partition coefficient (Wildman–Crippen LogP) is 7.00. The number of amides is 1. The predicted molar refractivity (Wildman–Crippen MR) is 177 cm³/mol. The van der Waals surface area contributed by atoms with Crippen molar-refractivity contribution in [3.05, 3.63) is 70.3 Å². The second kappa shape index (κ2) is 13.8. The second-order valence-corrected chi connectivity index (χ2v) is 15.5. The van der Waals surface area contributed by atoms with Crippen molar-refractivity contribution in [2.75, 3.05) is 31.7 Å². The Morgan fingerprint density at radius 1 is 1.07 bits per heavy atom. The van der Waals surface area contributed by atoms with Crippen LogP contribution in [-0.2, 0) is 21.2 Å². The van der Waals surface area contributed by atoms with Gasteiger partial charge in [0.2, 0.25) is 10.0 Å². The summed E-state index contributed by atoms with van der Waals surface area (Å²) in [5, 5.41) is -0.0264. The molecule has 240 valence electrons. The van der Waals surface area contributed by atoms with E-state index in [1.807, 2.05) is 26.0 Å². The van der Waals surface area contributed by atoms with E-state index >= 15 is 0 Å². The van der Waals surface area contributed by atoms with E-state index in [4.69, 9.17) is 21.1 Å². The Labute approximate surface area is 268 Å². The van der Waals surface area contributed by atoms with Gasteiger partial charge in [-0.3, -0.25) is 4.79 Å². The number of carbonyl (C=O) groups excluding carboxylic acids is 1. The molecular formula is C35H47ClN2O5S. The minimum Gasteiger partial charge on any atom is -0.491 e. The molecule has 1 saturated carbocycles. The number of unbranched alkanes of at least 4 members (excludes halogenated alkanes) is 1. The highest BCUT2D eigenvalue weighted by molar-refractivity contribution is 7.90. The van der Waals surface area contributed by atoms with Crippen LogP contribution in [0.1, 0.15) is 80.8 Å². The lowest BCUT2D eigenvalue weighted by atomic mass is 9.70. The van der Waals surface area contributed by atoms with Gasteiger partial charge in [-0.05, 0) is 97.7 Å². The van der Waals surface area contributed by atoms with Crippen LogP contribution < -0.4 is 14.4 Å². The minimum absolute atomic E-state index is 0.0172. The normalized spacial score (nSPS) is 31.1.